The second kappa shape index (κ2) is 11.3. The molecule has 0 aliphatic carbocycles. The number of hydrogen-bond donors (Lipinski definition) is 3. The van der Waals surface area contributed by atoms with Gasteiger partial charge in [0.15, 0.2) is 30.3 Å². The van der Waals surface area contributed by atoms with E-state index in [4.69, 9.17) is 11.5 Å². The van der Waals surface area contributed by atoms with Gasteiger partial charge in [0.2, 0.25) is 11.5 Å². The number of nitrogen functional groups attached to an aromatic ring is 2. The number of carboxylic acids is 1. The fourth-order valence-corrected chi connectivity index (χ4v) is 5.59. The third kappa shape index (κ3) is 5.37. The van der Waals surface area contributed by atoms with E-state index in [1.165, 1.54) is 27.2 Å². The number of aromatic nitrogens is 4. The summed E-state index contributed by atoms with van der Waals surface area (Å²) in [5.41, 5.74) is 10.7. The molecule has 0 aromatic carbocycles. The van der Waals surface area contributed by atoms with Gasteiger partial charge < -0.3 is 31.5 Å². The fourth-order valence-electron chi connectivity index (χ4n) is 3.82. The first-order valence-corrected chi connectivity index (χ1v) is 12.6. The van der Waals surface area contributed by atoms with Crippen molar-refractivity contribution in [3.05, 3.63) is 29.4 Å². The third-order valence-electron chi connectivity index (χ3n) is 5.43. The van der Waals surface area contributed by atoms with Gasteiger partial charge in [-0.05, 0) is 0 Å². The highest BCUT2D eigenvalue weighted by molar-refractivity contribution is 8.00. The van der Waals surface area contributed by atoms with E-state index < -0.39 is 54.6 Å². The first kappa shape index (κ1) is 27.2. The molecule has 4 rings (SSSR count). The summed E-state index contributed by atoms with van der Waals surface area (Å²) in [4.78, 5) is 47.1. The van der Waals surface area contributed by atoms with Gasteiger partial charge >= 0.3 is 0 Å². The number of rotatable bonds is 11. The maximum absolute atomic E-state index is 13.0. The van der Waals surface area contributed by atoms with Crippen molar-refractivity contribution in [1.29, 1.82) is 0 Å². The molecule has 19 heteroatoms. The topological polar surface area (TPSA) is 198 Å². The van der Waals surface area contributed by atoms with Crippen molar-refractivity contribution >= 4 is 57.7 Å². The van der Waals surface area contributed by atoms with Crippen LogP contribution < -0.4 is 26.6 Å². The molecular formula is C19H20F3N9O5S2. The standard InChI is InChI=1S/C19H20F3N9O5S2/c20-2-4-30-10(23)1-3-29(30)5-8-7-37-17-12(16(33)31(17)13(8)18(34)35)25-15(32)11(27-36-6-9(21)22)14-26-19(24)38-28-14/h1,3,9,12,17,23H,2,4-7H2,(H4,24,25,26,28,32,34,35)/t12-,17-/m1/s1. The summed E-state index contributed by atoms with van der Waals surface area (Å²) in [6, 6.07) is 0.349. The highest BCUT2D eigenvalue weighted by Gasteiger charge is 2.53. The molecule has 2 aromatic rings. The molecule has 0 saturated carbocycles. The number of hydrogen-bond acceptors (Lipinski definition) is 12. The van der Waals surface area contributed by atoms with Crippen molar-refractivity contribution in [2.24, 2.45) is 5.16 Å². The fraction of sp³-hybridized carbons (Fsp3) is 0.421. The summed E-state index contributed by atoms with van der Waals surface area (Å²) in [7, 11) is 0. The number of β-lactam (4-membered cyclic amide) rings is 1. The number of carboxylic acid groups (broad SMARTS) is 1. The van der Waals surface area contributed by atoms with Crippen molar-refractivity contribution in [3.8, 4) is 0 Å². The lowest BCUT2D eigenvalue weighted by atomic mass is 10.0. The number of nitrogens with two attached hydrogens (primary N) is 2. The number of anilines is 2. The van der Waals surface area contributed by atoms with Crippen molar-refractivity contribution < 1.29 is 42.2 Å². The number of fused-ring (bicyclic) bond motifs is 1. The third-order valence-corrected chi connectivity index (χ3v) is 7.31. The number of carbonyl (C=O) groups excluding carboxylic acids is 3. The van der Waals surface area contributed by atoms with Crippen LogP contribution >= 0.6 is 23.3 Å². The molecule has 0 unspecified atom stereocenters. The Bertz CT molecular complexity index is 1310. The Kier molecular flexibility index (Phi) is 8.05. The Morgan fingerprint density at radius 1 is 1.39 bits per heavy atom. The smallest absolute Gasteiger partial charge is 0.278 e. The molecule has 2 amide bonds. The van der Waals surface area contributed by atoms with Crippen molar-refractivity contribution in [3.63, 3.8) is 0 Å². The average molecular weight is 576 g/mol. The van der Waals surface area contributed by atoms with Crippen molar-refractivity contribution in [1.82, 2.24) is 24.3 Å². The highest BCUT2D eigenvalue weighted by atomic mass is 32.2. The van der Waals surface area contributed by atoms with Crippen molar-refractivity contribution in [2.45, 2.75) is 30.9 Å². The van der Waals surface area contributed by atoms with Gasteiger partial charge in [-0.2, -0.15) is 9.36 Å². The Labute approximate surface area is 220 Å². The molecule has 2 aliphatic rings. The zero-order chi connectivity index (χ0) is 27.6. The van der Waals surface area contributed by atoms with Gasteiger partial charge in [0.1, 0.15) is 24.6 Å². The monoisotopic (exact) mass is 575 g/mol. The molecule has 5 N–H and O–H groups in total. The quantitative estimate of drug-likeness (QED) is 0.115. The summed E-state index contributed by atoms with van der Waals surface area (Å²) in [5.74, 6) is -3.27. The second-order valence-electron chi connectivity index (χ2n) is 7.83. The number of halogens is 3. The molecule has 2 aliphatic heterocycles. The van der Waals surface area contributed by atoms with E-state index in [2.05, 4.69) is 24.7 Å². The van der Waals surface area contributed by atoms with Crippen LogP contribution in [0.15, 0.2) is 28.7 Å². The maximum Gasteiger partial charge on any atom is 0.278 e. The largest absolute Gasteiger partial charge is 0.543 e. The van der Waals surface area contributed by atoms with E-state index in [0.717, 1.165) is 16.4 Å². The van der Waals surface area contributed by atoms with Gasteiger partial charge in [-0.15, -0.1) is 21.1 Å². The van der Waals surface area contributed by atoms with E-state index in [1.807, 2.05) is 0 Å². The maximum atomic E-state index is 13.0. The normalized spacial score (nSPS) is 19.4. The molecule has 2 atom stereocenters. The van der Waals surface area contributed by atoms with E-state index in [1.54, 1.807) is 6.20 Å². The van der Waals surface area contributed by atoms with Crippen LogP contribution in [0.1, 0.15) is 5.82 Å². The van der Waals surface area contributed by atoms with Gasteiger partial charge in [-0.1, -0.05) is 5.16 Å². The molecule has 1 saturated heterocycles. The lowest BCUT2D eigenvalue weighted by Gasteiger charge is -2.50. The molecule has 1 fully saturated rings. The molecule has 0 radical (unpaired) electrons. The molecule has 2 aromatic heterocycles. The predicted molar refractivity (Wildman–Crippen MR) is 125 cm³/mol. The van der Waals surface area contributed by atoms with E-state index in [-0.39, 0.29) is 41.3 Å². The van der Waals surface area contributed by atoms with Crippen LogP contribution in [0.4, 0.5) is 24.1 Å². The van der Waals surface area contributed by atoms with Crippen LogP contribution in [-0.4, -0.2) is 79.3 Å². The Balaban J connectivity index is 1.53. The van der Waals surface area contributed by atoms with Gasteiger partial charge in [0.05, 0.1) is 17.7 Å². The molecular weight excluding hydrogens is 555 g/mol. The molecule has 14 nitrogen and oxygen atoms in total. The number of amides is 2. The summed E-state index contributed by atoms with van der Waals surface area (Å²) >= 11 is 1.89. The van der Waals surface area contributed by atoms with Crippen LogP contribution in [-0.2, 0) is 32.3 Å². The second-order valence-corrected chi connectivity index (χ2v) is 9.72. The number of nitrogens with zero attached hydrogens (tertiary/aromatic N) is 6. The first-order valence-electron chi connectivity index (χ1n) is 10.8. The zero-order valence-corrected chi connectivity index (χ0v) is 20.9. The van der Waals surface area contributed by atoms with Crippen LogP contribution in [0.2, 0.25) is 0 Å². The van der Waals surface area contributed by atoms with Gasteiger partial charge in [-0.25, -0.2) is 13.2 Å². The SMILES string of the molecule is Nc1nc(C(=NOCC(F)F)C(=O)N[C@@H]2C(=O)N3C(C(=O)[O-])=C(C[n+]4ccc(N)n4CCF)CS[C@H]23)ns1. The lowest BCUT2D eigenvalue weighted by molar-refractivity contribution is -0.767. The van der Waals surface area contributed by atoms with E-state index >= 15 is 0 Å². The summed E-state index contributed by atoms with van der Waals surface area (Å²) in [6.07, 6.45) is -1.31. The lowest BCUT2D eigenvalue weighted by Crippen LogP contribution is -2.71. The van der Waals surface area contributed by atoms with Gasteiger partial charge in [0, 0.05) is 22.9 Å². The highest BCUT2D eigenvalue weighted by Crippen LogP contribution is 2.40. The van der Waals surface area contributed by atoms with Gasteiger partial charge in [-0.3, -0.25) is 14.5 Å². The Hall–Kier alpha value is -3.87. The number of aliphatic carboxylic acids is 1. The number of oxime groups is 1. The van der Waals surface area contributed by atoms with E-state index in [0.29, 0.717) is 5.57 Å². The number of carbonyl (C=O) groups is 3. The summed E-state index contributed by atoms with van der Waals surface area (Å²) in [5, 5.41) is 17.0. The molecule has 4 heterocycles. The molecule has 204 valence electrons. The van der Waals surface area contributed by atoms with Crippen LogP contribution in [0.5, 0.6) is 0 Å². The molecule has 0 spiro atoms. The summed E-state index contributed by atoms with van der Waals surface area (Å²) < 4.78 is 44.6. The van der Waals surface area contributed by atoms with Crippen LogP contribution in [0.3, 0.4) is 0 Å². The number of thioether (sulfide) groups is 1. The summed E-state index contributed by atoms with van der Waals surface area (Å²) in [6.45, 7) is -1.86. The minimum atomic E-state index is -2.87. The van der Waals surface area contributed by atoms with Crippen molar-refractivity contribution in [2.75, 3.05) is 30.5 Å². The average Bonchev–Trinajstić information content (AvgIpc) is 3.45. The Morgan fingerprint density at radius 2 is 2.16 bits per heavy atom. The Morgan fingerprint density at radius 3 is 2.79 bits per heavy atom. The number of nitrogens with one attached hydrogen (secondary N) is 1. The van der Waals surface area contributed by atoms with Crippen LogP contribution in [0.25, 0.3) is 0 Å². The molecule has 0 bridgehead atoms. The first-order chi connectivity index (χ1) is 18.1. The van der Waals surface area contributed by atoms with Gasteiger partial charge in [0.25, 0.3) is 18.2 Å². The zero-order valence-electron chi connectivity index (χ0n) is 19.3. The molecule has 38 heavy (non-hydrogen) atoms. The predicted octanol–water partition coefficient (Wildman–Crippen LogP) is -2.15. The van der Waals surface area contributed by atoms with Crippen LogP contribution in [0, 0.1) is 0 Å². The minimum absolute atomic E-state index is 0.00373. The minimum Gasteiger partial charge on any atom is -0.543 e. The number of alkyl halides is 3. The van der Waals surface area contributed by atoms with E-state index in [9.17, 15) is 32.7 Å².